The van der Waals surface area contributed by atoms with E-state index in [1.54, 1.807) is 0 Å². The number of aromatic nitrogens is 12. The number of hydrogen-bond acceptors (Lipinski definition) is 18. The van der Waals surface area contributed by atoms with Crippen LogP contribution in [0.1, 0.15) is 65.1 Å². The first kappa shape index (κ1) is 68.4. The number of benzene rings is 4. The highest BCUT2D eigenvalue weighted by Crippen LogP contribution is 2.45. The molecule has 0 saturated carbocycles. The summed E-state index contributed by atoms with van der Waals surface area (Å²) in [6.07, 6.45) is -21.6. The van der Waals surface area contributed by atoms with Crippen molar-refractivity contribution < 1.29 is 92.9 Å². The molecule has 10 atom stereocenters. The Bertz CT molecular complexity index is 3770. The average molecular weight is 1400 g/mol. The molecule has 10 unspecified atom stereocenters. The van der Waals surface area contributed by atoms with Gasteiger partial charge in [0.15, 0.2) is 11.6 Å². The molecule has 4 aromatic carbocycles. The third-order valence-electron chi connectivity index (χ3n) is 14.7. The predicted molar refractivity (Wildman–Crippen MR) is 303 cm³/mol. The van der Waals surface area contributed by atoms with Crippen molar-refractivity contribution in [2.75, 3.05) is 39.5 Å². The van der Waals surface area contributed by atoms with Crippen LogP contribution >= 0.6 is 46.4 Å². The number of nitrogens with zero attached hydrogens (tertiary/aromatic N) is 12. The van der Waals surface area contributed by atoms with Gasteiger partial charge in [-0.05, 0) is 80.9 Å². The maximum absolute atomic E-state index is 14.6. The third-order valence-corrected chi connectivity index (χ3v) is 15.9. The van der Waals surface area contributed by atoms with Crippen LogP contribution in [-0.4, -0.2) is 168 Å². The molecule has 24 nitrogen and oxygen atoms in total. The van der Waals surface area contributed by atoms with Crippen molar-refractivity contribution in [2.24, 2.45) is 0 Å². The molecule has 10 rings (SSSR count). The first-order valence-electron chi connectivity index (χ1n) is 27.4. The van der Waals surface area contributed by atoms with E-state index in [0.29, 0.717) is 12.1 Å². The summed E-state index contributed by atoms with van der Waals surface area (Å²) in [5.41, 5.74) is -4.48. The number of aliphatic hydroxyl groups excluding tert-OH is 4. The van der Waals surface area contributed by atoms with E-state index < -0.39 is 179 Å². The molecule has 2 fully saturated rings. The van der Waals surface area contributed by atoms with Crippen LogP contribution in [0.4, 0.5) is 43.9 Å². The number of halogens is 14. The van der Waals surface area contributed by atoms with E-state index in [1.807, 2.05) is 0 Å². The normalized spacial score (nSPS) is 21.9. The summed E-state index contributed by atoms with van der Waals surface area (Å²) in [4.78, 5) is 36.0. The van der Waals surface area contributed by atoms with Crippen molar-refractivity contribution in [1.82, 2.24) is 70.2 Å². The van der Waals surface area contributed by atoms with Crippen LogP contribution in [0.5, 0.6) is 0 Å². The number of nitrogens with one attached hydrogen (secondary N) is 2. The van der Waals surface area contributed by atoms with E-state index in [9.17, 15) is 73.9 Å². The van der Waals surface area contributed by atoms with Gasteiger partial charge in [-0.15, -0.1) is 10.2 Å². The zero-order valence-corrected chi connectivity index (χ0v) is 50.6. The van der Waals surface area contributed by atoms with Gasteiger partial charge < -0.3 is 50.0 Å². The highest BCUT2D eigenvalue weighted by Gasteiger charge is 2.53. The van der Waals surface area contributed by atoms with Crippen LogP contribution in [0.15, 0.2) is 73.1 Å². The van der Waals surface area contributed by atoms with Gasteiger partial charge in [-0.3, -0.25) is 9.59 Å². The fraction of sp³-hybridized carbons (Fsp3) is 0.382. The van der Waals surface area contributed by atoms with Crippen molar-refractivity contribution in [1.29, 1.82) is 0 Å². The standard InChI is InChI=1S/C55H48Cl4F10N14O10/c1-22-72-52(82(76-22)36-14-26(56)4-6-28(36)54(64,65)66)50-48(44(46(88)38(18-84)92-50)80-16-34(74-78-80)24-10-30(60)42(58)31(61)11-24)90-20-40(86)70-8-3-9-71-41(87)21-91-49-45(81-17-35(75-79-81)25-12-32(62)43(59)33(63)13-25)47(89)39(19-85)93-51(49)53-73-23(2)77-83(53)37-15-27(57)5-7-29(37)55(67,68)69/h4-7,10-17,38-39,44-51,84-85,88-89H,3,8-9,18-21H2,1-2H3,(H,70,86)(H,71,87). The minimum Gasteiger partial charge on any atom is -0.394 e. The highest BCUT2D eigenvalue weighted by molar-refractivity contribution is 6.31. The Balaban J connectivity index is 0.874. The molecule has 2 aliphatic rings. The number of hydrogen-bond donors (Lipinski definition) is 6. The lowest BCUT2D eigenvalue weighted by molar-refractivity contribution is -0.223. The molecule has 4 aromatic heterocycles. The topological polar surface area (TPSA) is 299 Å². The van der Waals surface area contributed by atoms with E-state index in [1.165, 1.54) is 13.8 Å². The van der Waals surface area contributed by atoms with E-state index in [-0.39, 0.29) is 63.7 Å². The quantitative estimate of drug-likeness (QED) is 0.0247. The summed E-state index contributed by atoms with van der Waals surface area (Å²) in [5.74, 6) is -7.49. The molecule has 6 N–H and O–H groups in total. The van der Waals surface area contributed by atoms with E-state index in [0.717, 1.165) is 79.7 Å². The molecule has 2 aliphatic heterocycles. The minimum atomic E-state index is -4.99. The summed E-state index contributed by atoms with van der Waals surface area (Å²) in [6.45, 7) is -1.46. The van der Waals surface area contributed by atoms with Crippen molar-refractivity contribution in [3.63, 3.8) is 0 Å². The zero-order valence-electron chi connectivity index (χ0n) is 47.5. The van der Waals surface area contributed by atoms with Crippen molar-refractivity contribution in [2.45, 2.75) is 93.5 Å². The number of ether oxygens (including phenoxy) is 4. The monoisotopic (exact) mass is 1390 g/mol. The molecule has 0 bridgehead atoms. The molecular weight excluding hydrogens is 1350 g/mol. The Kier molecular flexibility index (Phi) is 20.5. The van der Waals surface area contributed by atoms with Crippen LogP contribution in [-0.2, 0) is 40.9 Å². The largest absolute Gasteiger partial charge is 0.418 e. The van der Waals surface area contributed by atoms with Gasteiger partial charge in [0, 0.05) is 34.3 Å². The van der Waals surface area contributed by atoms with E-state index in [4.69, 9.17) is 65.4 Å². The molecule has 6 heterocycles. The van der Waals surface area contributed by atoms with Gasteiger partial charge in [0.1, 0.15) is 130 Å². The molecule has 2 saturated heterocycles. The second-order valence-electron chi connectivity index (χ2n) is 21.0. The lowest BCUT2D eigenvalue weighted by Gasteiger charge is -2.43. The zero-order chi connectivity index (χ0) is 67.1. The molecule has 496 valence electrons. The number of aryl methyl sites for hydroxylation is 2. The Hall–Kier alpha value is -7.48. The second kappa shape index (κ2) is 27.8. The summed E-state index contributed by atoms with van der Waals surface area (Å²) < 4.78 is 174. The summed E-state index contributed by atoms with van der Waals surface area (Å²) >= 11 is 23.8. The van der Waals surface area contributed by atoms with Crippen LogP contribution < -0.4 is 10.6 Å². The highest BCUT2D eigenvalue weighted by atomic mass is 35.5. The maximum Gasteiger partial charge on any atom is 0.418 e. The van der Waals surface area contributed by atoms with Gasteiger partial charge in [0.2, 0.25) is 11.8 Å². The SMILES string of the molecule is Cc1nc(C2OC(CO)C(O)C(n3cc(-c4cc(F)c(Cl)c(F)c4)nn3)C2OCC(=O)NCCCNC(=O)COC2C(c3nc(C)nn3-c3cc(Cl)ccc3C(F)(F)F)OC(CO)C(O)C2n2cc(-c3cc(F)c(Cl)c(F)c3)nn2)n(-c2cc(Cl)ccc2C(F)(F)F)n1. The number of alkyl halides is 6. The fourth-order valence-corrected chi connectivity index (χ4v) is 11.1. The molecular formula is C55H48Cl4F10N14O10. The number of rotatable bonds is 20. The smallest absolute Gasteiger partial charge is 0.394 e. The summed E-state index contributed by atoms with van der Waals surface area (Å²) in [7, 11) is 0. The minimum absolute atomic E-state index is 0.0325. The molecule has 0 radical (unpaired) electrons. The average Bonchev–Trinajstić information content (AvgIpc) is 1.72. The van der Waals surface area contributed by atoms with Crippen molar-refractivity contribution in [3.8, 4) is 33.9 Å². The van der Waals surface area contributed by atoms with Crippen LogP contribution in [0.25, 0.3) is 33.9 Å². The molecule has 8 aromatic rings. The lowest BCUT2D eigenvalue weighted by Crippen LogP contribution is -2.54. The molecule has 2 amide bonds. The Labute approximate surface area is 536 Å². The van der Waals surface area contributed by atoms with E-state index >= 15 is 0 Å². The summed E-state index contributed by atoms with van der Waals surface area (Å²) in [5, 5.41) is 72.2. The van der Waals surface area contributed by atoms with Crippen molar-refractivity contribution in [3.05, 3.63) is 151 Å². The van der Waals surface area contributed by atoms with E-state index in [2.05, 4.69) is 51.4 Å². The Morgan fingerprint density at radius 2 is 0.957 bits per heavy atom. The van der Waals surface area contributed by atoms with Gasteiger partial charge in [0.25, 0.3) is 0 Å². The van der Waals surface area contributed by atoms with Gasteiger partial charge in [0.05, 0.1) is 48.1 Å². The maximum atomic E-state index is 14.6. The fourth-order valence-electron chi connectivity index (χ4n) is 10.5. The van der Waals surface area contributed by atoms with Gasteiger partial charge in [-0.1, -0.05) is 56.8 Å². The van der Waals surface area contributed by atoms with Crippen LogP contribution in [0.2, 0.25) is 20.1 Å². The molecule has 0 spiro atoms. The molecule has 0 aliphatic carbocycles. The Morgan fingerprint density at radius 3 is 1.30 bits per heavy atom. The number of carbonyl (C=O) groups is 2. The predicted octanol–water partition coefficient (Wildman–Crippen LogP) is 7.35. The number of carbonyl (C=O) groups excluding carboxylic acids is 2. The first-order chi connectivity index (χ1) is 44.0. The van der Waals surface area contributed by atoms with Gasteiger partial charge >= 0.3 is 12.4 Å². The third kappa shape index (κ3) is 14.6. The van der Waals surface area contributed by atoms with Crippen molar-refractivity contribution >= 4 is 58.2 Å². The first-order valence-corrected chi connectivity index (χ1v) is 29.0. The number of aliphatic hydroxyl groups is 4. The van der Waals surface area contributed by atoms with Crippen LogP contribution in [0.3, 0.4) is 0 Å². The molecule has 93 heavy (non-hydrogen) atoms. The molecule has 38 heteroatoms. The Morgan fingerprint density at radius 1 is 0.591 bits per heavy atom. The van der Waals surface area contributed by atoms with Gasteiger partial charge in [-0.2, -0.15) is 36.5 Å². The second-order valence-corrected chi connectivity index (χ2v) is 22.6. The van der Waals surface area contributed by atoms with Gasteiger partial charge in [-0.25, -0.2) is 46.3 Å². The van der Waals surface area contributed by atoms with Crippen LogP contribution in [0, 0.1) is 37.1 Å². The summed E-state index contributed by atoms with van der Waals surface area (Å²) in [6, 6.07) is 5.41. The number of amides is 2. The lowest BCUT2D eigenvalue weighted by atomic mass is 9.91.